The lowest BCUT2D eigenvalue weighted by Gasteiger charge is -2.31. The van der Waals surface area contributed by atoms with Gasteiger partial charge >= 0.3 is 0 Å². The number of ether oxygens (including phenoxy) is 1. The highest BCUT2D eigenvalue weighted by Gasteiger charge is 2.16. The van der Waals surface area contributed by atoms with Gasteiger partial charge in [0.15, 0.2) is 0 Å². The summed E-state index contributed by atoms with van der Waals surface area (Å²) in [6, 6.07) is 7.37. The molecule has 2 fully saturated rings. The normalized spacial score (nSPS) is 20.1. The quantitative estimate of drug-likeness (QED) is 0.876. The van der Waals surface area contributed by atoms with E-state index in [1.54, 1.807) is 7.11 Å². The number of benzene rings is 1. The summed E-state index contributed by atoms with van der Waals surface area (Å²) in [4.78, 5) is 2.41. The maximum absolute atomic E-state index is 5.64. The molecule has 1 heterocycles. The van der Waals surface area contributed by atoms with Crippen LogP contribution in [0.5, 0.6) is 5.75 Å². The molecule has 0 amide bonds. The van der Waals surface area contributed by atoms with Crippen LogP contribution in [-0.2, 0) is 6.54 Å². The van der Waals surface area contributed by atoms with E-state index in [0.717, 1.165) is 38.5 Å². The molecule has 0 unspecified atom stereocenters. The molecular weight excluding hydrogens is 274 g/mol. The summed E-state index contributed by atoms with van der Waals surface area (Å²) in [5.41, 5.74) is 2.55. The predicted octanol–water partition coefficient (Wildman–Crippen LogP) is 2.53. The summed E-state index contributed by atoms with van der Waals surface area (Å²) >= 11 is 0. The zero-order valence-corrected chi connectivity index (χ0v) is 13.7. The van der Waals surface area contributed by atoms with Gasteiger partial charge in [0.1, 0.15) is 5.75 Å². The van der Waals surface area contributed by atoms with Crippen molar-refractivity contribution in [2.24, 2.45) is 0 Å². The van der Waals surface area contributed by atoms with Crippen molar-refractivity contribution in [1.82, 2.24) is 10.6 Å². The lowest BCUT2D eigenvalue weighted by molar-refractivity contribution is 0.371. The first-order valence-corrected chi connectivity index (χ1v) is 8.73. The first-order chi connectivity index (χ1) is 10.9. The molecular formula is C18H29N3O. The molecule has 1 aromatic rings. The molecule has 1 aliphatic heterocycles. The smallest absolute Gasteiger partial charge is 0.142 e. The van der Waals surface area contributed by atoms with E-state index in [-0.39, 0.29) is 0 Å². The molecule has 3 rings (SSSR count). The number of methoxy groups -OCH3 is 1. The minimum Gasteiger partial charge on any atom is -0.495 e. The van der Waals surface area contributed by atoms with Crippen LogP contribution < -0.4 is 20.3 Å². The molecule has 4 nitrogen and oxygen atoms in total. The molecule has 0 bridgehead atoms. The summed E-state index contributed by atoms with van der Waals surface area (Å²) in [5, 5.41) is 7.11. The van der Waals surface area contributed by atoms with Gasteiger partial charge in [-0.2, -0.15) is 0 Å². The van der Waals surface area contributed by atoms with Crippen molar-refractivity contribution < 1.29 is 4.74 Å². The maximum atomic E-state index is 5.64. The Morgan fingerprint density at radius 2 is 1.95 bits per heavy atom. The lowest BCUT2D eigenvalue weighted by Crippen LogP contribution is -2.43. The Kier molecular flexibility index (Phi) is 5.57. The Morgan fingerprint density at radius 1 is 1.18 bits per heavy atom. The maximum Gasteiger partial charge on any atom is 0.142 e. The standard InChI is InChI=1S/C18H29N3O/c1-22-18-13-15(14-20-16-5-3-2-4-6-16)7-8-17(18)21-11-9-19-10-12-21/h7-8,13,16,19-20H,2-6,9-12,14H2,1H3. The minimum atomic E-state index is 0.701. The SMILES string of the molecule is COc1cc(CNC2CCCCC2)ccc1N1CCNCC1. The lowest BCUT2D eigenvalue weighted by atomic mass is 9.95. The van der Waals surface area contributed by atoms with E-state index in [0.29, 0.717) is 6.04 Å². The second kappa shape index (κ2) is 7.84. The highest BCUT2D eigenvalue weighted by Crippen LogP contribution is 2.29. The molecule has 2 N–H and O–H groups in total. The average molecular weight is 303 g/mol. The van der Waals surface area contributed by atoms with Crippen molar-refractivity contribution in [1.29, 1.82) is 0 Å². The Balaban J connectivity index is 1.62. The van der Waals surface area contributed by atoms with E-state index in [9.17, 15) is 0 Å². The number of hydrogen-bond acceptors (Lipinski definition) is 4. The summed E-state index contributed by atoms with van der Waals surface area (Å²) < 4.78 is 5.64. The second-order valence-electron chi connectivity index (χ2n) is 6.46. The van der Waals surface area contributed by atoms with Gasteiger partial charge in [-0.15, -0.1) is 0 Å². The fraction of sp³-hybridized carbons (Fsp3) is 0.667. The first kappa shape index (κ1) is 15.6. The zero-order chi connectivity index (χ0) is 15.2. The van der Waals surface area contributed by atoms with E-state index < -0.39 is 0 Å². The van der Waals surface area contributed by atoms with Crippen LogP contribution in [0, 0.1) is 0 Å². The van der Waals surface area contributed by atoms with Crippen LogP contribution >= 0.6 is 0 Å². The monoisotopic (exact) mass is 303 g/mol. The molecule has 2 aliphatic rings. The fourth-order valence-corrected chi connectivity index (χ4v) is 3.57. The topological polar surface area (TPSA) is 36.5 Å². The van der Waals surface area contributed by atoms with Crippen molar-refractivity contribution in [3.8, 4) is 5.75 Å². The van der Waals surface area contributed by atoms with Gasteiger partial charge in [0.25, 0.3) is 0 Å². The predicted molar refractivity (Wildman–Crippen MR) is 91.8 cm³/mol. The van der Waals surface area contributed by atoms with E-state index in [1.807, 2.05) is 0 Å². The average Bonchev–Trinajstić information content (AvgIpc) is 2.61. The fourth-order valence-electron chi connectivity index (χ4n) is 3.57. The minimum absolute atomic E-state index is 0.701. The van der Waals surface area contributed by atoms with Gasteiger partial charge < -0.3 is 20.3 Å². The molecule has 1 aromatic carbocycles. The van der Waals surface area contributed by atoms with E-state index >= 15 is 0 Å². The highest BCUT2D eigenvalue weighted by atomic mass is 16.5. The summed E-state index contributed by atoms with van der Waals surface area (Å²) in [6.45, 7) is 5.15. The summed E-state index contributed by atoms with van der Waals surface area (Å²) in [7, 11) is 1.78. The van der Waals surface area contributed by atoms with Crippen LogP contribution in [0.4, 0.5) is 5.69 Å². The van der Waals surface area contributed by atoms with E-state index in [1.165, 1.54) is 43.4 Å². The Bertz CT molecular complexity index is 465. The van der Waals surface area contributed by atoms with Gasteiger partial charge in [-0.1, -0.05) is 25.3 Å². The second-order valence-corrected chi connectivity index (χ2v) is 6.46. The molecule has 122 valence electrons. The van der Waals surface area contributed by atoms with Gasteiger partial charge in [-0.25, -0.2) is 0 Å². The number of nitrogens with one attached hydrogen (secondary N) is 2. The molecule has 1 saturated heterocycles. The molecule has 22 heavy (non-hydrogen) atoms. The van der Waals surface area contributed by atoms with Crippen LogP contribution in [-0.4, -0.2) is 39.3 Å². The van der Waals surface area contributed by atoms with Crippen LogP contribution in [0.15, 0.2) is 18.2 Å². The van der Waals surface area contributed by atoms with Crippen LogP contribution in [0.3, 0.4) is 0 Å². The third-order valence-corrected chi connectivity index (χ3v) is 4.90. The van der Waals surface area contributed by atoms with Crippen molar-refractivity contribution in [3.63, 3.8) is 0 Å². The van der Waals surface area contributed by atoms with Crippen LogP contribution in [0.2, 0.25) is 0 Å². The molecule has 1 aliphatic carbocycles. The molecule has 1 saturated carbocycles. The van der Waals surface area contributed by atoms with E-state index in [2.05, 4.69) is 33.7 Å². The Labute approximate surface area is 134 Å². The number of nitrogens with zero attached hydrogens (tertiary/aromatic N) is 1. The van der Waals surface area contributed by atoms with Crippen LogP contribution in [0.25, 0.3) is 0 Å². The van der Waals surface area contributed by atoms with Gasteiger partial charge in [0, 0.05) is 38.8 Å². The zero-order valence-electron chi connectivity index (χ0n) is 13.7. The largest absolute Gasteiger partial charge is 0.495 e. The highest BCUT2D eigenvalue weighted by molar-refractivity contribution is 5.60. The number of piperazine rings is 1. The third-order valence-electron chi connectivity index (χ3n) is 4.90. The molecule has 0 radical (unpaired) electrons. The molecule has 0 spiro atoms. The van der Waals surface area contributed by atoms with E-state index in [4.69, 9.17) is 4.74 Å². The summed E-state index contributed by atoms with van der Waals surface area (Å²) in [5.74, 6) is 1.00. The van der Waals surface area contributed by atoms with Crippen molar-refractivity contribution in [3.05, 3.63) is 23.8 Å². The Hall–Kier alpha value is -1.26. The van der Waals surface area contributed by atoms with Crippen molar-refractivity contribution in [2.75, 3.05) is 38.2 Å². The molecule has 0 aromatic heterocycles. The third kappa shape index (κ3) is 3.93. The summed E-state index contributed by atoms with van der Waals surface area (Å²) in [6.07, 6.45) is 6.82. The van der Waals surface area contributed by atoms with Crippen molar-refractivity contribution in [2.45, 2.75) is 44.7 Å². The number of rotatable bonds is 5. The Morgan fingerprint density at radius 3 is 2.68 bits per heavy atom. The number of anilines is 1. The first-order valence-electron chi connectivity index (χ1n) is 8.73. The molecule has 0 atom stereocenters. The van der Waals surface area contributed by atoms with Gasteiger partial charge in [0.05, 0.1) is 12.8 Å². The van der Waals surface area contributed by atoms with Crippen molar-refractivity contribution >= 4 is 5.69 Å². The van der Waals surface area contributed by atoms with Gasteiger partial charge in [0.2, 0.25) is 0 Å². The van der Waals surface area contributed by atoms with Gasteiger partial charge in [-0.3, -0.25) is 0 Å². The number of hydrogen-bond donors (Lipinski definition) is 2. The molecule has 4 heteroatoms. The van der Waals surface area contributed by atoms with Gasteiger partial charge in [-0.05, 0) is 30.5 Å². The van der Waals surface area contributed by atoms with Crippen LogP contribution in [0.1, 0.15) is 37.7 Å².